The first-order valence-electron chi connectivity index (χ1n) is 10.6. The summed E-state index contributed by atoms with van der Waals surface area (Å²) in [6.45, 7) is 2.21. The summed E-state index contributed by atoms with van der Waals surface area (Å²) in [7, 11) is 0. The molecule has 160 valence electrons. The standard InChI is InChI=1S/C25H20ClN3OS2/c1-2-14-7-8-16-18(13-27)25(32-22(16)11-14)29-24(30)17-12-20(21-9-10-23(26)31-21)28-19-6-4-3-5-15(17)19/h3-6,9-10,12,14H,2,7-8,11H2,1H3,(H,29,30). The summed E-state index contributed by atoms with van der Waals surface area (Å²) >= 11 is 9.11. The van der Waals surface area contributed by atoms with Gasteiger partial charge in [-0.05, 0) is 55.0 Å². The molecule has 4 nitrogen and oxygen atoms in total. The van der Waals surface area contributed by atoms with Gasteiger partial charge in [-0.3, -0.25) is 4.79 Å². The molecule has 1 amide bonds. The zero-order chi connectivity index (χ0) is 22.2. The van der Waals surface area contributed by atoms with Gasteiger partial charge in [-0.15, -0.1) is 22.7 Å². The lowest BCUT2D eigenvalue weighted by atomic mass is 9.86. The van der Waals surface area contributed by atoms with Crippen molar-refractivity contribution < 1.29 is 4.79 Å². The van der Waals surface area contributed by atoms with Crippen LogP contribution in [0.15, 0.2) is 42.5 Å². The third kappa shape index (κ3) is 3.81. The number of pyridine rings is 1. The predicted molar refractivity (Wildman–Crippen MR) is 133 cm³/mol. The Kier molecular flexibility index (Phi) is 5.73. The second-order valence-electron chi connectivity index (χ2n) is 7.97. The van der Waals surface area contributed by atoms with E-state index < -0.39 is 0 Å². The molecule has 3 aromatic heterocycles. The van der Waals surface area contributed by atoms with E-state index in [1.165, 1.54) is 16.2 Å². The number of hydrogen-bond acceptors (Lipinski definition) is 5. The van der Waals surface area contributed by atoms with Crippen LogP contribution in [-0.4, -0.2) is 10.9 Å². The molecule has 0 aliphatic heterocycles. The normalized spacial score (nSPS) is 15.3. The van der Waals surface area contributed by atoms with E-state index in [0.29, 0.717) is 32.1 Å². The Hall–Kier alpha value is -2.72. The van der Waals surface area contributed by atoms with Gasteiger partial charge in [0, 0.05) is 10.3 Å². The van der Waals surface area contributed by atoms with Crippen molar-refractivity contribution in [2.75, 3.05) is 5.32 Å². The number of nitriles is 1. The maximum atomic E-state index is 13.5. The number of benzene rings is 1. The molecule has 0 spiro atoms. The molecular weight excluding hydrogens is 458 g/mol. The summed E-state index contributed by atoms with van der Waals surface area (Å²) in [5.41, 5.74) is 3.73. The number of carbonyl (C=O) groups is 1. The third-order valence-electron chi connectivity index (χ3n) is 6.07. The van der Waals surface area contributed by atoms with Crippen LogP contribution in [-0.2, 0) is 12.8 Å². The van der Waals surface area contributed by atoms with Crippen molar-refractivity contribution in [1.82, 2.24) is 4.98 Å². The predicted octanol–water partition coefficient (Wildman–Crippen LogP) is 7.32. The first kappa shape index (κ1) is 21.1. The minimum absolute atomic E-state index is 0.227. The molecule has 1 aliphatic rings. The number of hydrogen-bond donors (Lipinski definition) is 1. The molecule has 1 N–H and O–H groups in total. The molecule has 1 unspecified atom stereocenters. The van der Waals surface area contributed by atoms with Crippen molar-refractivity contribution in [2.45, 2.75) is 32.6 Å². The van der Waals surface area contributed by atoms with Crippen LogP contribution in [0.25, 0.3) is 21.5 Å². The van der Waals surface area contributed by atoms with Crippen molar-refractivity contribution in [3.05, 3.63) is 68.4 Å². The largest absolute Gasteiger partial charge is 0.312 e. The fraction of sp³-hybridized carbons (Fsp3) is 0.240. The number of aromatic nitrogens is 1. The summed E-state index contributed by atoms with van der Waals surface area (Å²) in [4.78, 5) is 20.3. The number of anilines is 1. The fourth-order valence-corrected chi connectivity index (χ4v) is 6.63. The zero-order valence-electron chi connectivity index (χ0n) is 17.4. The molecule has 1 aromatic carbocycles. The Labute approximate surface area is 199 Å². The Morgan fingerprint density at radius 2 is 2.12 bits per heavy atom. The molecule has 7 heteroatoms. The van der Waals surface area contributed by atoms with Gasteiger partial charge in [0.25, 0.3) is 5.91 Å². The van der Waals surface area contributed by atoms with E-state index in [4.69, 9.17) is 16.6 Å². The molecule has 0 fully saturated rings. The van der Waals surface area contributed by atoms with Gasteiger partial charge in [0.1, 0.15) is 11.1 Å². The van der Waals surface area contributed by atoms with Gasteiger partial charge in [-0.2, -0.15) is 5.26 Å². The van der Waals surface area contributed by atoms with E-state index in [1.54, 1.807) is 11.3 Å². The lowest BCUT2D eigenvalue weighted by Crippen LogP contribution is -2.13. The van der Waals surface area contributed by atoms with Gasteiger partial charge in [0.05, 0.1) is 31.6 Å². The number of fused-ring (bicyclic) bond motifs is 2. The number of para-hydroxylation sites is 1. The summed E-state index contributed by atoms with van der Waals surface area (Å²) in [6.07, 6.45) is 4.14. The molecule has 0 saturated heterocycles. The second-order valence-corrected chi connectivity index (χ2v) is 10.8. The van der Waals surface area contributed by atoms with Gasteiger partial charge in [-0.1, -0.05) is 43.1 Å². The quantitative estimate of drug-likeness (QED) is 0.335. The van der Waals surface area contributed by atoms with Crippen molar-refractivity contribution in [2.24, 2.45) is 5.92 Å². The average Bonchev–Trinajstić information content (AvgIpc) is 3.40. The van der Waals surface area contributed by atoms with Crippen molar-refractivity contribution >= 4 is 56.1 Å². The van der Waals surface area contributed by atoms with E-state index in [2.05, 4.69) is 18.3 Å². The van der Waals surface area contributed by atoms with E-state index in [1.807, 2.05) is 42.5 Å². The molecule has 5 rings (SSSR count). The number of nitrogens with zero attached hydrogens (tertiary/aromatic N) is 2. The summed E-state index contributed by atoms with van der Waals surface area (Å²) < 4.78 is 0.675. The monoisotopic (exact) mass is 477 g/mol. The zero-order valence-corrected chi connectivity index (χ0v) is 19.8. The first-order valence-corrected chi connectivity index (χ1v) is 12.6. The van der Waals surface area contributed by atoms with Crippen LogP contribution in [0.5, 0.6) is 0 Å². The highest BCUT2D eigenvalue weighted by molar-refractivity contribution is 7.19. The van der Waals surface area contributed by atoms with Crippen LogP contribution in [0.2, 0.25) is 4.34 Å². The van der Waals surface area contributed by atoms with Crippen LogP contribution in [0.4, 0.5) is 5.00 Å². The maximum Gasteiger partial charge on any atom is 0.257 e. The van der Waals surface area contributed by atoms with Gasteiger partial charge in [-0.25, -0.2) is 4.98 Å². The number of carbonyl (C=O) groups excluding carboxylic acids is 1. The number of nitrogens with one attached hydrogen (secondary N) is 1. The van der Waals surface area contributed by atoms with Gasteiger partial charge in [0.15, 0.2) is 0 Å². The Morgan fingerprint density at radius 3 is 2.88 bits per heavy atom. The van der Waals surface area contributed by atoms with Gasteiger partial charge >= 0.3 is 0 Å². The molecule has 0 saturated carbocycles. The lowest BCUT2D eigenvalue weighted by molar-refractivity contribution is 0.102. The minimum Gasteiger partial charge on any atom is -0.312 e. The van der Waals surface area contributed by atoms with E-state index >= 15 is 0 Å². The highest BCUT2D eigenvalue weighted by atomic mass is 35.5. The highest BCUT2D eigenvalue weighted by Crippen LogP contribution is 2.40. The van der Waals surface area contributed by atoms with Gasteiger partial charge in [0.2, 0.25) is 0 Å². The summed E-state index contributed by atoms with van der Waals surface area (Å²) in [5, 5.41) is 14.3. The SMILES string of the molecule is CCC1CCc2c(sc(NC(=O)c3cc(-c4ccc(Cl)s4)nc4ccccc34)c2C#N)C1. The molecule has 32 heavy (non-hydrogen) atoms. The minimum atomic E-state index is -0.227. The van der Waals surface area contributed by atoms with E-state index in [-0.39, 0.29) is 5.91 Å². The molecule has 0 bridgehead atoms. The Bertz CT molecular complexity index is 1380. The van der Waals surface area contributed by atoms with Crippen LogP contribution < -0.4 is 5.32 Å². The fourth-order valence-electron chi connectivity index (χ4n) is 4.32. The van der Waals surface area contributed by atoms with E-state index in [0.717, 1.165) is 47.0 Å². The Balaban J connectivity index is 1.55. The first-order chi connectivity index (χ1) is 15.6. The molecule has 0 radical (unpaired) electrons. The highest BCUT2D eigenvalue weighted by Gasteiger charge is 2.26. The van der Waals surface area contributed by atoms with Gasteiger partial charge < -0.3 is 5.32 Å². The smallest absolute Gasteiger partial charge is 0.257 e. The molecule has 1 aliphatic carbocycles. The van der Waals surface area contributed by atoms with Crippen LogP contribution in [0.1, 0.15) is 46.1 Å². The second kappa shape index (κ2) is 8.67. The number of thiophene rings is 2. The average molecular weight is 478 g/mol. The topological polar surface area (TPSA) is 65.8 Å². The van der Waals surface area contributed by atoms with Crippen molar-refractivity contribution in [1.29, 1.82) is 5.26 Å². The maximum absolute atomic E-state index is 13.5. The molecule has 4 aromatic rings. The Morgan fingerprint density at radius 1 is 1.28 bits per heavy atom. The summed E-state index contributed by atoms with van der Waals surface area (Å²) in [5.74, 6) is 0.426. The lowest BCUT2D eigenvalue weighted by Gasteiger charge is -2.20. The van der Waals surface area contributed by atoms with Crippen LogP contribution in [0.3, 0.4) is 0 Å². The molecule has 1 atom stereocenters. The third-order valence-corrected chi connectivity index (χ3v) is 8.49. The van der Waals surface area contributed by atoms with Crippen molar-refractivity contribution in [3.8, 4) is 16.6 Å². The van der Waals surface area contributed by atoms with Crippen molar-refractivity contribution in [3.63, 3.8) is 0 Å². The number of amides is 1. The van der Waals surface area contributed by atoms with Crippen LogP contribution in [0, 0.1) is 17.2 Å². The molecular formula is C25H20ClN3OS2. The molecule has 3 heterocycles. The summed E-state index contributed by atoms with van der Waals surface area (Å²) in [6, 6.07) is 15.5. The number of rotatable bonds is 4. The van der Waals surface area contributed by atoms with Crippen LogP contribution >= 0.6 is 34.3 Å². The number of halogens is 1. The van der Waals surface area contributed by atoms with E-state index in [9.17, 15) is 10.1 Å².